The molecule has 5 heteroatoms. The minimum Gasteiger partial charge on any atom is -0.249 e. The van der Waals surface area contributed by atoms with E-state index < -0.39 is 11.6 Å². The van der Waals surface area contributed by atoms with Gasteiger partial charge >= 0.3 is 0 Å². The summed E-state index contributed by atoms with van der Waals surface area (Å²) in [5.41, 5.74) is 0.378. The van der Waals surface area contributed by atoms with Crippen LogP contribution in [-0.2, 0) is 6.54 Å². The highest BCUT2D eigenvalue weighted by Gasteiger charge is 2.28. The Morgan fingerprint density at radius 2 is 2.17 bits per heavy atom. The van der Waals surface area contributed by atoms with Crippen molar-refractivity contribution in [2.75, 3.05) is 0 Å². The van der Waals surface area contributed by atoms with Gasteiger partial charge in [-0.3, -0.25) is 0 Å². The standard InChI is InChI=1S/C13H13F2N3/c1-8-16-13-10(5-3-7-18(13)17-8)9-4-2-6-11(14)12(9)15/h2,4,6,10H,3,5,7H2,1H3/t10-/m0/s1. The molecule has 0 N–H and O–H groups in total. The van der Waals surface area contributed by atoms with Crippen LogP contribution in [0.5, 0.6) is 0 Å². The first-order valence-corrected chi connectivity index (χ1v) is 6.02. The van der Waals surface area contributed by atoms with Gasteiger partial charge in [0.15, 0.2) is 11.6 Å². The molecule has 0 amide bonds. The van der Waals surface area contributed by atoms with E-state index in [9.17, 15) is 8.78 Å². The molecule has 94 valence electrons. The van der Waals surface area contributed by atoms with E-state index in [4.69, 9.17) is 0 Å². The maximum atomic E-state index is 13.9. The number of hydrogen-bond acceptors (Lipinski definition) is 2. The third kappa shape index (κ3) is 1.70. The van der Waals surface area contributed by atoms with Crippen molar-refractivity contribution in [2.45, 2.75) is 32.2 Å². The van der Waals surface area contributed by atoms with E-state index >= 15 is 0 Å². The molecule has 0 radical (unpaired) electrons. The van der Waals surface area contributed by atoms with Crippen molar-refractivity contribution in [3.8, 4) is 0 Å². The summed E-state index contributed by atoms with van der Waals surface area (Å²) in [6, 6.07) is 4.30. The Morgan fingerprint density at radius 1 is 1.33 bits per heavy atom. The van der Waals surface area contributed by atoms with Gasteiger partial charge in [0.2, 0.25) is 0 Å². The molecule has 3 nitrogen and oxygen atoms in total. The van der Waals surface area contributed by atoms with Crippen LogP contribution in [0.4, 0.5) is 8.78 Å². The van der Waals surface area contributed by atoms with E-state index in [0.29, 0.717) is 11.4 Å². The van der Waals surface area contributed by atoms with Crippen LogP contribution in [0.3, 0.4) is 0 Å². The lowest BCUT2D eigenvalue weighted by atomic mass is 9.91. The number of aromatic nitrogens is 3. The highest BCUT2D eigenvalue weighted by molar-refractivity contribution is 5.29. The van der Waals surface area contributed by atoms with Gasteiger partial charge in [-0.2, -0.15) is 5.10 Å². The van der Waals surface area contributed by atoms with Crippen molar-refractivity contribution in [3.63, 3.8) is 0 Å². The van der Waals surface area contributed by atoms with Crippen molar-refractivity contribution >= 4 is 0 Å². The van der Waals surface area contributed by atoms with Gasteiger partial charge < -0.3 is 0 Å². The molecule has 1 aromatic heterocycles. The van der Waals surface area contributed by atoms with Crippen molar-refractivity contribution < 1.29 is 8.78 Å². The zero-order valence-corrected chi connectivity index (χ0v) is 10.0. The van der Waals surface area contributed by atoms with E-state index in [2.05, 4.69) is 10.1 Å². The largest absolute Gasteiger partial charge is 0.249 e. The average molecular weight is 249 g/mol. The molecule has 2 aromatic rings. The Kier molecular flexibility index (Phi) is 2.61. The second-order valence-corrected chi connectivity index (χ2v) is 4.58. The summed E-state index contributed by atoms with van der Waals surface area (Å²) < 4.78 is 29.0. The fraction of sp³-hybridized carbons (Fsp3) is 0.385. The molecule has 0 bridgehead atoms. The molecule has 0 aliphatic carbocycles. The number of halogens is 2. The summed E-state index contributed by atoms with van der Waals surface area (Å²) in [4.78, 5) is 4.34. The van der Waals surface area contributed by atoms with Gasteiger partial charge in [0.25, 0.3) is 0 Å². The lowest BCUT2D eigenvalue weighted by molar-refractivity contribution is 0.426. The van der Waals surface area contributed by atoms with Crippen molar-refractivity contribution in [1.29, 1.82) is 0 Å². The first kappa shape index (κ1) is 11.3. The van der Waals surface area contributed by atoms with E-state index in [1.165, 1.54) is 6.07 Å². The van der Waals surface area contributed by atoms with Crippen molar-refractivity contribution in [3.05, 3.63) is 47.0 Å². The lowest BCUT2D eigenvalue weighted by Gasteiger charge is -2.22. The number of benzene rings is 1. The van der Waals surface area contributed by atoms with E-state index in [-0.39, 0.29) is 5.92 Å². The van der Waals surface area contributed by atoms with Crippen LogP contribution < -0.4 is 0 Å². The fourth-order valence-corrected chi connectivity index (χ4v) is 2.55. The Balaban J connectivity index is 2.11. The predicted molar refractivity (Wildman–Crippen MR) is 62.2 cm³/mol. The molecule has 0 unspecified atom stereocenters. The molecule has 0 saturated heterocycles. The van der Waals surface area contributed by atoms with Crippen LogP contribution in [0.1, 0.15) is 36.0 Å². The molecule has 0 fully saturated rings. The van der Waals surface area contributed by atoms with Crippen molar-refractivity contribution in [1.82, 2.24) is 14.8 Å². The van der Waals surface area contributed by atoms with E-state index in [1.807, 2.05) is 6.92 Å². The zero-order chi connectivity index (χ0) is 12.7. The molecule has 0 spiro atoms. The first-order valence-electron chi connectivity index (χ1n) is 6.02. The van der Waals surface area contributed by atoms with E-state index in [0.717, 1.165) is 31.3 Å². The number of aryl methyl sites for hydroxylation is 2. The first-order chi connectivity index (χ1) is 8.66. The SMILES string of the molecule is Cc1nc2n(n1)CCC[C@H]2c1cccc(F)c1F. The van der Waals surface area contributed by atoms with Gasteiger partial charge in [0.1, 0.15) is 11.6 Å². The Labute approximate surface area is 103 Å². The fourth-order valence-electron chi connectivity index (χ4n) is 2.55. The summed E-state index contributed by atoms with van der Waals surface area (Å²) >= 11 is 0. The topological polar surface area (TPSA) is 30.7 Å². The Hall–Kier alpha value is -1.78. The van der Waals surface area contributed by atoms with Gasteiger partial charge in [0, 0.05) is 18.0 Å². The second-order valence-electron chi connectivity index (χ2n) is 4.58. The predicted octanol–water partition coefficient (Wildman–Crippen LogP) is 2.79. The molecule has 1 aromatic carbocycles. The van der Waals surface area contributed by atoms with Crippen LogP contribution in [0.2, 0.25) is 0 Å². The minimum absolute atomic E-state index is 0.198. The zero-order valence-electron chi connectivity index (χ0n) is 10.0. The molecule has 2 heterocycles. The monoisotopic (exact) mass is 249 g/mol. The van der Waals surface area contributed by atoms with Gasteiger partial charge in [-0.05, 0) is 25.8 Å². The van der Waals surface area contributed by atoms with Gasteiger partial charge in [-0.25, -0.2) is 18.4 Å². The molecular weight excluding hydrogens is 236 g/mol. The van der Waals surface area contributed by atoms with Crippen LogP contribution in [-0.4, -0.2) is 14.8 Å². The van der Waals surface area contributed by atoms with E-state index in [1.54, 1.807) is 10.7 Å². The molecule has 1 aliphatic heterocycles. The summed E-state index contributed by atoms with van der Waals surface area (Å²) in [5.74, 6) is -0.356. The molecule has 1 aliphatic rings. The van der Waals surface area contributed by atoms with Gasteiger partial charge in [-0.1, -0.05) is 12.1 Å². The quantitative estimate of drug-likeness (QED) is 0.778. The maximum Gasteiger partial charge on any atom is 0.162 e. The number of fused-ring (bicyclic) bond motifs is 1. The number of hydrogen-bond donors (Lipinski definition) is 0. The van der Waals surface area contributed by atoms with Crippen LogP contribution in [0.15, 0.2) is 18.2 Å². The third-order valence-corrected chi connectivity index (χ3v) is 3.34. The van der Waals surface area contributed by atoms with Crippen LogP contribution in [0, 0.1) is 18.6 Å². The maximum absolute atomic E-state index is 13.9. The molecule has 3 rings (SSSR count). The van der Waals surface area contributed by atoms with Crippen LogP contribution >= 0.6 is 0 Å². The minimum atomic E-state index is -0.805. The van der Waals surface area contributed by atoms with Gasteiger partial charge in [0.05, 0.1) is 0 Å². The second kappa shape index (κ2) is 4.15. The Bertz CT molecular complexity index is 592. The summed E-state index contributed by atoms with van der Waals surface area (Å²) in [5, 5.41) is 4.27. The average Bonchev–Trinajstić information content (AvgIpc) is 2.73. The number of rotatable bonds is 1. The highest BCUT2D eigenvalue weighted by Crippen LogP contribution is 2.33. The smallest absolute Gasteiger partial charge is 0.162 e. The van der Waals surface area contributed by atoms with Crippen LogP contribution in [0.25, 0.3) is 0 Å². The summed E-state index contributed by atoms with van der Waals surface area (Å²) in [6.07, 6.45) is 1.68. The highest BCUT2D eigenvalue weighted by atomic mass is 19.2. The third-order valence-electron chi connectivity index (χ3n) is 3.34. The molecule has 0 saturated carbocycles. The van der Waals surface area contributed by atoms with Gasteiger partial charge in [-0.15, -0.1) is 0 Å². The lowest BCUT2D eigenvalue weighted by Crippen LogP contribution is -2.19. The molecule has 1 atom stereocenters. The summed E-state index contributed by atoms with van der Waals surface area (Å²) in [7, 11) is 0. The number of nitrogens with zero attached hydrogens (tertiary/aromatic N) is 3. The summed E-state index contributed by atoms with van der Waals surface area (Å²) in [6.45, 7) is 2.61. The van der Waals surface area contributed by atoms with Crippen molar-refractivity contribution in [2.24, 2.45) is 0 Å². The molecular formula is C13H13F2N3. The normalized spacial score (nSPS) is 18.7. The Morgan fingerprint density at radius 3 is 3.00 bits per heavy atom. The molecule has 18 heavy (non-hydrogen) atoms.